The molecule has 2 heteroatoms. The minimum atomic E-state index is 0.898. The Labute approximate surface area is 108 Å². The zero-order valence-corrected chi connectivity index (χ0v) is 11.0. The highest BCUT2D eigenvalue weighted by Gasteiger charge is 2.05. The maximum atomic E-state index is 4.82. The van der Waals surface area contributed by atoms with Crippen LogP contribution in [-0.2, 0) is 4.84 Å². The molecular weight excluding hydrogens is 222 g/mol. The molecule has 0 aromatic heterocycles. The molecule has 0 atom stereocenters. The van der Waals surface area contributed by atoms with E-state index in [9.17, 15) is 0 Å². The molecule has 18 heavy (non-hydrogen) atoms. The van der Waals surface area contributed by atoms with Crippen molar-refractivity contribution in [2.24, 2.45) is 5.16 Å². The Morgan fingerprint density at radius 2 is 1.72 bits per heavy atom. The third-order valence-corrected chi connectivity index (χ3v) is 2.95. The second kappa shape index (κ2) is 5.50. The molecule has 0 bridgehead atoms. The first-order chi connectivity index (χ1) is 8.72. The first-order valence-corrected chi connectivity index (χ1v) is 5.96. The Morgan fingerprint density at radius 3 is 2.33 bits per heavy atom. The Balaban J connectivity index is 2.40. The van der Waals surface area contributed by atoms with Gasteiger partial charge >= 0.3 is 0 Å². The van der Waals surface area contributed by atoms with E-state index < -0.39 is 0 Å². The van der Waals surface area contributed by atoms with Crippen LogP contribution in [0.15, 0.2) is 53.7 Å². The van der Waals surface area contributed by atoms with Crippen LogP contribution < -0.4 is 0 Å². The molecule has 2 aromatic carbocycles. The van der Waals surface area contributed by atoms with Gasteiger partial charge in [0.2, 0.25) is 0 Å². The van der Waals surface area contributed by atoms with Crippen LogP contribution in [-0.4, -0.2) is 12.8 Å². The van der Waals surface area contributed by atoms with Gasteiger partial charge in [-0.05, 0) is 30.5 Å². The van der Waals surface area contributed by atoms with Gasteiger partial charge in [-0.25, -0.2) is 0 Å². The summed E-state index contributed by atoms with van der Waals surface area (Å²) in [5, 5.41) is 3.97. The van der Waals surface area contributed by atoms with Crippen LogP contribution >= 0.6 is 0 Å². The normalized spacial score (nSPS) is 11.4. The SMILES string of the molecule is CO/N=C(\C)c1ccc(-c2ccccc2)cc1C. The monoisotopic (exact) mass is 239 g/mol. The molecule has 0 aliphatic heterocycles. The highest BCUT2D eigenvalue weighted by atomic mass is 16.6. The zero-order chi connectivity index (χ0) is 13.0. The molecule has 0 N–H and O–H groups in total. The molecule has 0 saturated carbocycles. The highest BCUT2D eigenvalue weighted by Crippen LogP contribution is 2.22. The van der Waals surface area contributed by atoms with Crippen LogP contribution in [0.1, 0.15) is 18.1 Å². The molecule has 0 saturated heterocycles. The van der Waals surface area contributed by atoms with Gasteiger partial charge in [0.1, 0.15) is 7.11 Å². The molecule has 2 nitrogen and oxygen atoms in total. The fourth-order valence-electron chi connectivity index (χ4n) is 2.07. The lowest BCUT2D eigenvalue weighted by Crippen LogP contribution is -1.98. The van der Waals surface area contributed by atoms with Gasteiger partial charge in [0.05, 0.1) is 5.71 Å². The molecule has 92 valence electrons. The Bertz CT molecular complexity index is 559. The van der Waals surface area contributed by atoms with Crippen LogP contribution in [0.4, 0.5) is 0 Å². The summed E-state index contributed by atoms with van der Waals surface area (Å²) in [5.41, 5.74) is 5.68. The van der Waals surface area contributed by atoms with Crippen molar-refractivity contribution in [2.75, 3.05) is 7.11 Å². The number of oxime groups is 1. The Kier molecular flexibility index (Phi) is 3.78. The Morgan fingerprint density at radius 1 is 1.00 bits per heavy atom. The van der Waals surface area contributed by atoms with Crippen molar-refractivity contribution in [1.29, 1.82) is 0 Å². The quantitative estimate of drug-likeness (QED) is 0.585. The number of hydrogen-bond acceptors (Lipinski definition) is 2. The number of hydrogen-bond donors (Lipinski definition) is 0. The van der Waals surface area contributed by atoms with Crippen LogP contribution in [0.3, 0.4) is 0 Å². The molecule has 0 heterocycles. The van der Waals surface area contributed by atoms with E-state index in [4.69, 9.17) is 4.84 Å². The average Bonchev–Trinajstić information content (AvgIpc) is 2.40. The Hall–Kier alpha value is -2.09. The van der Waals surface area contributed by atoms with E-state index >= 15 is 0 Å². The number of nitrogens with zero attached hydrogens (tertiary/aromatic N) is 1. The molecule has 0 fully saturated rings. The summed E-state index contributed by atoms with van der Waals surface area (Å²) in [7, 11) is 1.57. The first kappa shape index (κ1) is 12.4. The summed E-state index contributed by atoms with van der Waals surface area (Å²) in [6.07, 6.45) is 0. The maximum absolute atomic E-state index is 4.82. The molecule has 0 amide bonds. The van der Waals surface area contributed by atoms with Crippen LogP contribution in [0.2, 0.25) is 0 Å². The van der Waals surface area contributed by atoms with Gasteiger partial charge in [-0.15, -0.1) is 0 Å². The van der Waals surface area contributed by atoms with Gasteiger partial charge in [0.15, 0.2) is 0 Å². The first-order valence-electron chi connectivity index (χ1n) is 5.96. The van der Waals surface area contributed by atoms with Gasteiger partial charge in [-0.1, -0.05) is 53.7 Å². The number of benzene rings is 2. The summed E-state index contributed by atoms with van der Waals surface area (Å²) in [6, 6.07) is 16.8. The summed E-state index contributed by atoms with van der Waals surface area (Å²) in [5.74, 6) is 0. The fraction of sp³-hybridized carbons (Fsp3) is 0.188. The topological polar surface area (TPSA) is 21.6 Å². The minimum Gasteiger partial charge on any atom is -0.399 e. The fourth-order valence-corrected chi connectivity index (χ4v) is 2.07. The second-order valence-electron chi connectivity index (χ2n) is 4.25. The predicted octanol–water partition coefficient (Wildman–Crippen LogP) is 4.03. The van der Waals surface area contributed by atoms with Crippen molar-refractivity contribution >= 4 is 5.71 Å². The summed E-state index contributed by atoms with van der Waals surface area (Å²) >= 11 is 0. The molecule has 2 rings (SSSR count). The van der Waals surface area contributed by atoms with Crippen molar-refractivity contribution in [2.45, 2.75) is 13.8 Å². The smallest absolute Gasteiger partial charge is 0.106 e. The summed E-state index contributed by atoms with van der Waals surface area (Å²) < 4.78 is 0. The highest BCUT2D eigenvalue weighted by molar-refractivity contribution is 6.00. The second-order valence-corrected chi connectivity index (χ2v) is 4.25. The maximum Gasteiger partial charge on any atom is 0.106 e. The predicted molar refractivity (Wildman–Crippen MR) is 75.8 cm³/mol. The van der Waals surface area contributed by atoms with Crippen molar-refractivity contribution < 1.29 is 4.84 Å². The average molecular weight is 239 g/mol. The van der Waals surface area contributed by atoms with Gasteiger partial charge in [0, 0.05) is 5.56 Å². The van der Waals surface area contributed by atoms with E-state index in [0.29, 0.717) is 0 Å². The van der Waals surface area contributed by atoms with Crippen molar-refractivity contribution in [1.82, 2.24) is 0 Å². The lowest BCUT2D eigenvalue weighted by molar-refractivity contribution is 0.213. The van der Waals surface area contributed by atoms with E-state index in [1.54, 1.807) is 7.11 Å². The lowest BCUT2D eigenvalue weighted by atomic mass is 9.98. The van der Waals surface area contributed by atoms with E-state index in [2.05, 4.69) is 54.5 Å². The van der Waals surface area contributed by atoms with E-state index in [-0.39, 0.29) is 0 Å². The standard InChI is InChI=1S/C16H17NO/c1-12-11-15(14-7-5-4-6-8-14)9-10-16(12)13(2)17-18-3/h4-11H,1-3H3/b17-13+. The van der Waals surface area contributed by atoms with E-state index in [0.717, 1.165) is 11.3 Å². The largest absolute Gasteiger partial charge is 0.399 e. The molecule has 0 spiro atoms. The summed E-state index contributed by atoms with van der Waals surface area (Å²) in [4.78, 5) is 4.82. The molecular formula is C16H17NO. The molecule has 0 unspecified atom stereocenters. The van der Waals surface area contributed by atoms with Gasteiger partial charge in [0.25, 0.3) is 0 Å². The molecule has 0 radical (unpaired) electrons. The van der Waals surface area contributed by atoms with Crippen LogP contribution in [0.5, 0.6) is 0 Å². The van der Waals surface area contributed by atoms with Crippen molar-refractivity contribution in [3.05, 3.63) is 59.7 Å². The third kappa shape index (κ3) is 2.59. The number of aryl methyl sites for hydroxylation is 1. The third-order valence-electron chi connectivity index (χ3n) is 2.95. The molecule has 0 aliphatic carbocycles. The van der Waals surface area contributed by atoms with Crippen molar-refractivity contribution in [3.63, 3.8) is 0 Å². The summed E-state index contributed by atoms with van der Waals surface area (Å²) in [6.45, 7) is 4.05. The van der Waals surface area contributed by atoms with E-state index in [1.165, 1.54) is 16.7 Å². The van der Waals surface area contributed by atoms with Gasteiger partial charge in [-0.2, -0.15) is 0 Å². The lowest BCUT2D eigenvalue weighted by Gasteiger charge is -2.08. The van der Waals surface area contributed by atoms with Crippen molar-refractivity contribution in [3.8, 4) is 11.1 Å². The van der Waals surface area contributed by atoms with Gasteiger partial charge < -0.3 is 4.84 Å². The zero-order valence-electron chi connectivity index (χ0n) is 11.0. The van der Waals surface area contributed by atoms with Crippen LogP contribution in [0.25, 0.3) is 11.1 Å². The minimum absolute atomic E-state index is 0.898. The molecule has 0 aliphatic rings. The van der Waals surface area contributed by atoms with E-state index in [1.807, 2.05) is 13.0 Å². The number of rotatable bonds is 3. The van der Waals surface area contributed by atoms with Crippen LogP contribution in [0, 0.1) is 6.92 Å². The van der Waals surface area contributed by atoms with Gasteiger partial charge in [-0.3, -0.25) is 0 Å². The molecule has 2 aromatic rings.